The first-order chi connectivity index (χ1) is 14.4. The number of nitrogens with two attached hydrogens (primary N) is 2. The fraction of sp³-hybridized carbons (Fsp3) is 0.143. The van der Waals surface area contributed by atoms with Gasteiger partial charge in [0.05, 0.1) is 23.4 Å². The van der Waals surface area contributed by atoms with Crippen LogP contribution in [-0.2, 0) is 11.3 Å². The Labute approximate surface area is 174 Å². The number of nitrogens with one attached hydrogen (secondary N) is 3. The highest BCUT2D eigenvalue weighted by Crippen LogP contribution is 2.31. The maximum atomic E-state index is 11.6. The number of rotatable bonds is 7. The Hall–Kier alpha value is -3.98. The van der Waals surface area contributed by atoms with Crippen molar-refractivity contribution in [3.8, 4) is 0 Å². The van der Waals surface area contributed by atoms with Gasteiger partial charge >= 0.3 is 0 Å². The SMILES string of the molecule is CN/C=C(\C=N)c1cc(NC(C)=O)c(N)c(N(N)Cc2ccc3ncccc3c2)n1. The summed E-state index contributed by atoms with van der Waals surface area (Å²) in [6.45, 7) is 1.73. The summed E-state index contributed by atoms with van der Waals surface area (Å²) in [5, 5.41) is 15.7. The fourth-order valence-electron chi connectivity index (χ4n) is 3.04. The molecule has 0 bridgehead atoms. The Morgan fingerprint density at radius 2 is 2.10 bits per heavy atom. The zero-order valence-electron chi connectivity index (χ0n) is 16.8. The van der Waals surface area contributed by atoms with Crippen LogP contribution in [0.5, 0.6) is 0 Å². The molecule has 0 saturated carbocycles. The summed E-state index contributed by atoms with van der Waals surface area (Å²) in [7, 11) is 1.72. The van der Waals surface area contributed by atoms with E-state index in [0.29, 0.717) is 29.3 Å². The monoisotopic (exact) mass is 404 g/mol. The number of carbonyl (C=O) groups is 1. The Morgan fingerprint density at radius 3 is 2.80 bits per heavy atom. The first kappa shape index (κ1) is 20.7. The van der Waals surface area contributed by atoms with Gasteiger partial charge in [-0.2, -0.15) is 0 Å². The number of nitrogens with zero attached hydrogens (tertiary/aromatic N) is 3. The summed E-state index contributed by atoms with van der Waals surface area (Å²) in [5.41, 5.74) is 9.68. The van der Waals surface area contributed by atoms with Crippen LogP contribution in [0.25, 0.3) is 16.5 Å². The molecule has 0 aliphatic heterocycles. The Bertz CT molecular complexity index is 1130. The van der Waals surface area contributed by atoms with Crippen molar-refractivity contribution in [1.82, 2.24) is 15.3 Å². The predicted molar refractivity (Wildman–Crippen MR) is 121 cm³/mol. The highest BCUT2D eigenvalue weighted by molar-refractivity contribution is 6.08. The van der Waals surface area contributed by atoms with Crippen molar-refractivity contribution in [2.45, 2.75) is 13.5 Å². The molecule has 9 heteroatoms. The highest BCUT2D eigenvalue weighted by atomic mass is 16.1. The van der Waals surface area contributed by atoms with Crippen LogP contribution in [0.2, 0.25) is 0 Å². The van der Waals surface area contributed by atoms with Gasteiger partial charge in [-0.15, -0.1) is 0 Å². The van der Waals surface area contributed by atoms with Crippen molar-refractivity contribution >= 4 is 45.8 Å². The Morgan fingerprint density at radius 1 is 1.30 bits per heavy atom. The molecule has 1 aromatic carbocycles. The first-order valence-corrected chi connectivity index (χ1v) is 9.25. The van der Waals surface area contributed by atoms with E-state index in [0.717, 1.165) is 22.7 Å². The minimum atomic E-state index is -0.274. The number of hydrogen-bond acceptors (Lipinski definition) is 8. The molecule has 3 aromatic rings. The molecule has 0 radical (unpaired) electrons. The lowest BCUT2D eigenvalue weighted by Gasteiger charge is -2.22. The Kier molecular flexibility index (Phi) is 6.23. The molecule has 0 saturated heterocycles. The molecule has 7 N–H and O–H groups in total. The molecular weight excluding hydrogens is 380 g/mol. The number of hydrogen-bond donors (Lipinski definition) is 5. The third-order valence-corrected chi connectivity index (χ3v) is 4.39. The minimum Gasteiger partial charge on any atom is -0.394 e. The van der Waals surface area contributed by atoms with Gasteiger partial charge < -0.3 is 21.8 Å². The first-order valence-electron chi connectivity index (χ1n) is 9.25. The smallest absolute Gasteiger partial charge is 0.221 e. The van der Waals surface area contributed by atoms with Crippen LogP contribution in [0.1, 0.15) is 18.2 Å². The van der Waals surface area contributed by atoms with Gasteiger partial charge in [0.15, 0.2) is 5.82 Å². The molecule has 9 nitrogen and oxygen atoms in total. The number of fused-ring (bicyclic) bond motifs is 1. The third kappa shape index (κ3) is 4.53. The third-order valence-electron chi connectivity index (χ3n) is 4.39. The van der Waals surface area contributed by atoms with Gasteiger partial charge in [0.25, 0.3) is 0 Å². The summed E-state index contributed by atoms with van der Waals surface area (Å²) in [6, 6.07) is 11.3. The average molecular weight is 404 g/mol. The summed E-state index contributed by atoms with van der Waals surface area (Å²) >= 11 is 0. The van der Waals surface area contributed by atoms with E-state index < -0.39 is 0 Å². The molecule has 0 spiro atoms. The number of nitrogen functional groups attached to an aromatic ring is 1. The minimum absolute atomic E-state index is 0.243. The number of amides is 1. The van der Waals surface area contributed by atoms with E-state index in [1.807, 2.05) is 30.3 Å². The second kappa shape index (κ2) is 9.01. The molecule has 154 valence electrons. The highest BCUT2D eigenvalue weighted by Gasteiger charge is 2.17. The van der Waals surface area contributed by atoms with E-state index >= 15 is 0 Å². The molecule has 3 rings (SSSR count). The van der Waals surface area contributed by atoms with Gasteiger partial charge in [-0.05, 0) is 29.8 Å². The van der Waals surface area contributed by atoms with Crippen LogP contribution >= 0.6 is 0 Å². The molecule has 0 unspecified atom stereocenters. The quantitative estimate of drug-likeness (QED) is 0.231. The molecule has 2 aromatic heterocycles. The number of carbonyl (C=O) groups excluding carboxylic acids is 1. The van der Waals surface area contributed by atoms with Crippen molar-refractivity contribution in [2.24, 2.45) is 5.84 Å². The van der Waals surface area contributed by atoms with Crippen LogP contribution < -0.4 is 27.2 Å². The molecule has 0 aliphatic rings. The van der Waals surface area contributed by atoms with Crippen LogP contribution in [-0.4, -0.2) is 29.1 Å². The number of benzene rings is 1. The lowest BCUT2D eigenvalue weighted by Crippen LogP contribution is -2.32. The maximum absolute atomic E-state index is 11.6. The van der Waals surface area contributed by atoms with Crippen LogP contribution in [0, 0.1) is 5.41 Å². The van der Waals surface area contributed by atoms with Gasteiger partial charge in [0.2, 0.25) is 5.91 Å². The normalized spacial score (nSPS) is 11.2. The summed E-state index contributed by atoms with van der Waals surface area (Å²) in [4.78, 5) is 20.5. The molecule has 1 amide bonds. The zero-order chi connectivity index (χ0) is 21.7. The molecular formula is C21H24N8O. The van der Waals surface area contributed by atoms with Gasteiger partial charge in [-0.3, -0.25) is 14.8 Å². The van der Waals surface area contributed by atoms with Crippen molar-refractivity contribution < 1.29 is 4.79 Å². The average Bonchev–Trinajstić information content (AvgIpc) is 2.73. The van der Waals surface area contributed by atoms with Crippen LogP contribution in [0.3, 0.4) is 0 Å². The number of allylic oxidation sites excluding steroid dienone is 1. The number of hydrazine groups is 1. The van der Waals surface area contributed by atoms with E-state index in [9.17, 15) is 4.79 Å². The maximum Gasteiger partial charge on any atom is 0.221 e. The lowest BCUT2D eigenvalue weighted by atomic mass is 10.1. The zero-order valence-corrected chi connectivity index (χ0v) is 16.8. The topological polar surface area (TPSA) is 146 Å². The van der Waals surface area contributed by atoms with Crippen LogP contribution in [0.15, 0.2) is 48.8 Å². The van der Waals surface area contributed by atoms with E-state index in [1.54, 1.807) is 25.5 Å². The van der Waals surface area contributed by atoms with Gasteiger partial charge in [0.1, 0.15) is 5.69 Å². The standard InChI is InChI=1S/C21H24N8O/c1-13(30)27-19-9-18(16(10-22)11-25-2)28-21(20(19)23)29(24)12-14-5-6-17-15(8-14)4-3-7-26-17/h3-11,22,25H,12,23-24H2,1-2H3,(H,27,28,30)/b16-11+,22-10?. The molecule has 0 aliphatic carbocycles. The van der Waals surface area contributed by atoms with Crippen molar-refractivity contribution in [3.63, 3.8) is 0 Å². The van der Waals surface area contributed by atoms with Crippen molar-refractivity contribution in [2.75, 3.05) is 23.1 Å². The summed E-state index contributed by atoms with van der Waals surface area (Å²) < 4.78 is 0. The number of anilines is 3. The van der Waals surface area contributed by atoms with Crippen LogP contribution in [0.4, 0.5) is 17.2 Å². The fourth-order valence-corrected chi connectivity index (χ4v) is 3.04. The van der Waals surface area contributed by atoms with Crippen molar-refractivity contribution in [1.29, 1.82) is 5.41 Å². The molecule has 0 fully saturated rings. The molecule has 30 heavy (non-hydrogen) atoms. The van der Waals surface area contributed by atoms with E-state index in [-0.39, 0.29) is 11.6 Å². The van der Waals surface area contributed by atoms with E-state index in [2.05, 4.69) is 20.6 Å². The summed E-state index contributed by atoms with van der Waals surface area (Å²) in [5.74, 6) is 6.35. The summed E-state index contributed by atoms with van der Waals surface area (Å²) in [6.07, 6.45) is 4.54. The van der Waals surface area contributed by atoms with E-state index in [4.69, 9.17) is 17.0 Å². The van der Waals surface area contributed by atoms with E-state index in [1.165, 1.54) is 11.9 Å². The van der Waals surface area contributed by atoms with Gasteiger partial charge in [-0.1, -0.05) is 12.1 Å². The Balaban J connectivity index is 2.01. The van der Waals surface area contributed by atoms with Gasteiger partial charge in [0, 0.05) is 43.5 Å². The molecule has 0 atom stereocenters. The largest absolute Gasteiger partial charge is 0.394 e. The number of aromatic nitrogens is 2. The lowest BCUT2D eigenvalue weighted by molar-refractivity contribution is -0.114. The van der Waals surface area contributed by atoms with Crippen molar-refractivity contribution in [3.05, 3.63) is 60.1 Å². The number of pyridine rings is 2. The van der Waals surface area contributed by atoms with Gasteiger partial charge in [-0.25, -0.2) is 10.8 Å². The second-order valence-corrected chi connectivity index (χ2v) is 6.66. The second-order valence-electron chi connectivity index (χ2n) is 6.66. The molecule has 2 heterocycles. The predicted octanol–water partition coefficient (Wildman–Crippen LogP) is 2.26.